The number of urea groups is 1. The number of hydrogen-bond donors (Lipinski definition) is 1. The van der Waals surface area contributed by atoms with Gasteiger partial charge in [-0.05, 0) is 55.7 Å². The van der Waals surface area contributed by atoms with Crippen LogP contribution >= 0.6 is 0 Å². The average molecular weight is 486 g/mol. The predicted octanol–water partition coefficient (Wildman–Crippen LogP) is 3.66. The molecule has 3 heterocycles. The molecule has 1 N–H and O–H groups in total. The van der Waals surface area contributed by atoms with Gasteiger partial charge in [0.25, 0.3) is 5.91 Å². The van der Waals surface area contributed by atoms with Crippen molar-refractivity contribution < 1.29 is 23.5 Å². The fourth-order valence-electron chi connectivity index (χ4n) is 6.64. The zero-order valence-electron chi connectivity index (χ0n) is 20.6. The number of halogens is 1. The fraction of sp³-hybridized carbons (Fsp3) is 0.667. The van der Waals surface area contributed by atoms with E-state index in [0.29, 0.717) is 52.0 Å². The Hall–Kier alpha value is -2.48. The molecule has 8 heteroatoms. The van der Waals surface area contributed by atoms with E-state index in [1.54, 1.807) is 12.1 Å². The Morgan fingerprint density at radius 1 is 1.09 bits per heavy atom. The highest BCUT2D eigenvalue weighted by atomic mass is 19.1. The molecule has 2 atom stereocenters. The van der Waals surface area contributed by atoms with Crippen LogP contribution in [0.1, 0.15) is 63.9 Å². The average Bonchev–Trinajstić information content (AvgIpc) is 3.47. The van der Waals surface area contributed by atoms with Gasteiger partial charge in [0.15, 0.2) is 0 Å². The van der Waals surface area contributed by atoms with Crippen LogP contribution < -0.4 is 5.32 Å². The fourth-order valence-corrected chi connectivity index (χ4v) is 6.64. The smallest absolute Gasteiger partial charge is 0.325 e. The number of carbonyl (C=O) groups is 3. The number of carbonyl (C=O) groups excluding carboxylic acids is 3. The van der Waals surface area contributed by atoms with Crippen LogP contribution in [0, 0.1) is 17.2 Å². The van der Waals surface area contributed by atoms with Crippen LogP contribution in [0.15, 0.2) is 24.3 Å². The third-order valence-corrected chi connectivity index (χ3v) is 8.77. The van der Waals surface area contributed by atoms with E-state index < -0.39 is 5.54 Å². The van der Waals surface area contributed by atoms with E-state index in [2.05, 4.69) is 12.2 Å². The molecule has 0 bridgehead atoms. The zero-order chi connectivity index (χ0) is 24.6. The monoisotopic (exact) mass is 485 g/mol. The van der Waals surface area contributed by atoms with Gasteiger partial charge in [0.05, 0.1) is 12.6 Å². The highest BCUT2D eigenvalue weighted by Gasteiger charge is 2.58. The SMILES string of the molecule is CC1(C(=O)N2CCC(C3(Cc4ccc(F)cc4)NC(=O)N(C4CCOC4)C3=O)CC2)CCCCC1. The number of benzene rings is 1. The lowest BCUT2D eigenvalue weighted by molar-refractivity contribution is -0.145. The Bertz CT molecular complexity index is 963. The maximum atomic E-state index is 13.9. The van der Waals surface area contributed by atoms with Gasteiger partial charge < -0.3 is 15.0 Å². The summed E-state index contributed by atoms with van der Waals surface area (Å²) in [5.41, 5.74) is -0.577. The quantitative estimate of drug-likeness (QED) is 0.646. The number of hydrogen-bond acceptors (Lipinski definition) is 4. The van der Waals surface area contributed by atoms with E-state index >= 15 is 0 Å². The van der Waals surface area contributed by atoms with Crippen molar-refractivity contribution in [2.24, 2.45) is 11.3 Å². The number of ether oxygens (including phenoxy) is 1. The molecule has 1 aromatic rings. The topological polar surface area (TPSA) is 79.0 Å². The summed E-state index contributed by atoms with van der Waals surface area (Å²) in [7, 11) is 0. The molecule has 0 spiro atoms. The second kappa shape index (κ2) is 9.52. The molecule has 2 unspecified atom stereocenters. The molecular formula is C27H36FN3O4. The lowest BCUT2D eigenvalue weighted by Gasteiger charge is -2.44. The maximum Gasteiger partial charge on any atom is 0.325 e. The first-order chi connectivity index (χ1) is 16.8. The standard InChI is InChI=1S/C27H36FN3O4/c1-26(12-3-2-4-13-26)23(32)30-14-9-20(10-15-30)27(17-19-5-7-21(28)8-6-19)24(33)31(25(34)29-27)22-11-16-35-18-22/h5-8,20,22H,2-4,9-18H2,1H3,(H,29,34). The first-order valence-electron chi connectivity index (χ1n) is 13.1. The summed E-state index contributed by atoms with van der Waals surface area (Å²) in [6.07, 6.45) is 7.49. The number of imide groups is 1. The second-order valence-electron chi connectivity index (χ2n) is 11.1. The molecule has 0 radical (unpaired) electrons. The van der Waals surface area contributed by atoms with E-state index in [1.807, 2.05) is 4.90 Å². The summed E-state index contributed by atoms with van der Waals surface area (Å²) < 4.78 is 19.0. The van der Waals surface area contributed by atoms with Gasteiger partial charge in [-0.2, -0.15) is 0 Å². The summed E-state index contributed by atoms with van der Waals surface area (Å²) >= 11 is 0. The molecule has 3 aliphatic heterocycles. The van der Waals surface area contributed by atoms with Crippen molar-refractivity contribution in [1.82, 2.24) is 15.1 Å². The predicted molar refractivity (Wildman–Crippen MR) is 128 cm³/mol. The molecule has 7 nitrogen and oxygen atoms in total. The Morgan fingerprint density at radius 3 is 2.40 bits per heavy atom. The van der Waals surface area contributed by atoms with Crippen molar-refractivity contribution in [3.8, 4) is 0 Å². The van der Waals surface area contributed by atoms with Crippen molar-refractivity contribution in [3.05, 3.63) is 35.6 Å². The van der Waals surface area contributed by atoms with E-state index in [4.69, 9.17) is 4.74 Å². The van der Waals surface area contributed by atoms with Crippen molar-refractivity contribution in [2.45, 2.75) is 76.3 Å². The van der Waals surface area contributed by atoms with Crippen LogP contribution in [-0.4, -0.2) is 65.5 Å². The summed E-state index contributed by atoms with van der Waals surface area (Å²) in [6, 6.07) is 5.50. The minimum Gasteiger partial charge on any atom is -0.379 e. The van der Waals surface area contributed by atoms with Crippen LogP contribution in [0.25, 0.3) is 0 Å². The van der Waals surface area contributed by atoms with Gasteiger partial charge in [-0.3, -0.25) is 14.5 Å². The van der Waals surface area contributed by atoms with Crippen LogP contribution in [0.3, 0.4) is 0 Å². The Morgan fingerprint density at radius 2 is 1.77 bits per heavy atom. The highest BCUT2D eigenvalue weighted by Crippen LogP contribution is 2.41. The van der Waals surface area contributed by atoms with Crippen molar-refractivity contribution >= 4 is 17.8 Å². The Kier molecular flexibility index (Phi) is 6.59. The van der Waals surface area contributed by atoms with Crippen LogP contribution in [0.5, 0.6) is 0 Å². The third-order valence-electron chi connectivity index (χ3n) is 8.77. The second-order valence-corrected chi connectivity index (χ2v) is 11.1. The van der Waals surface area contributed by atoms with Gasteiger partial charge >= 0.3 is 6.03 Å². The van der Waals surface area contributed by atoms with Crippen LogP contribution in [-0.2, 0) is 20.7 Å². The molecule has 1 aromatic carbocycles. The van der Waals surface area contributed by atoms with E-state index in [9.17, 15) is 18.8 Å². The van der Waals surface area contributed by atoms with E-state index in [-0.39, 0.29) is 41.0 Å². The Balaban J connectivity index is 1.37. The maximum absolute atomic E-state index is 13.9. The molecule has 5 rings (SSSR count). The van der Waals surface area contributed by atoms with Gasteiger partial charge in [0, 0.05) is 31.5 Å². The van der Waals surface area contributed by atoms with Gasteiger partial charge in [-0.1, -0.05) is 38.3 Å². The van der Waals surface area contributed by atoms with Crippen molar-refractivity contribution in [3.63, 3.8) is 0 Å². The van der Waals surface area contributed by atoms with E-state index in [0.717, 1.165) is 31.2 Å². The highest BCUT2D eigenvalue weighted by molar-refractivity contribution is 6.07. The molecule has 190 valence electrons. The number of nitrogens with zero attached hydrogens (tertiary/aromatic N) is 2. The third kappa shape index (κ3) is 4.46. The molecule has 1 saturated carbocycles. The molecule has 0 aromatic heterocycles. The minimum atomic E-state index is -1.10. The number of rotatable bonds is 5. The van der Waals surface area contributed by atoms with Crippen LogP contribution in [0.2, 0.25) is 0 Å². The molecule has 4 amide bonds. The first kappa shape index (κ1) is 24.2. The largest absolute Gasteiger partial charge is 0.379 e. The molecule has 3 saturated heterocycles. The van der Waals surface area contributed by atoms with Crippen molar-refractivity contribution in [1.29, 1.82) is 0 Å². The van der Waals surface area contributed by atoms with Gasteiger partial charge in [0.1, 0.15) is 11.4 Å². The summed E-state index contributed by atoms with van der Waals surface area (Å²) in [4.78, 5) is 43.8. The first-order valence-corrected chi connectivity index (χ1v) is 13.1. The lowest BCUT2D eigenvalue weighted by Crippen LogP contribution is -2.59. The summed E-state index contributed by atoms with van der Waals surface area (Å²) in [5, 5.41) is 3.08. The lowest BCUT2D eigenvalue weighted by atomic mass is 9.72. The van der Waals surface area contributed by atoms with Gasteiger partial charge in [-0.15, -0.1) is 0 Å². The number of amides is 4. The normalized spacial score (nSPS) is 29.5. The number of likely N-dealkylation sites (tertiary alicyclic amines) is 1. The zero-order valence-corrected chi connectivity index (χ0v) is 20.6. The van der Waals surface area contributed by atoms with Crippen LogP contribution in [0.4, 0.5) is 9.18 Å². The number of piperidine rings is 1. The summed E-state index contributed by atoms with van der Waals surface area (Å²) in [6.45, 7) is 4.15. The van der Waals surface area contributed by atoms with Crippen molar-refractivity contribution in [2.75, 3.05) is 26.3 Å². The molecule has 4 fully saturated rings. The summed E-state index contributed by atoms with van der Waals surface area (Å²) in [5.74, 6) is -0.432. The van der Waals surface area contributed by atoms with Gasteiger partial charge in [0.2, 0.25) is 5.91 Å². The molecule has 35 heavy (non-hydrogen) atoms. The molecular weight excluding hydrogens is 449 g/mol. The van der Waals surface area contributed by atoms with Gasteiger partial charge in [-0.25, -0.2) is 9.18 Å². The molecule has 4 aliphatic rings. The van der Waals surface area contributed by atoms with E-state index in [1.165, 1.54) is 23.5 Å². The number of nitrogens with one attached hydrogen (secondary N) is 1. The molecule has 1 aliphatic carbocycles. The minimum absolute atomic E-state index is 0.112. The Labute approximate surface area is 206 Å².